The number of nitrogens with one attached hydrogen (secondary N) is 2. The van der Waals surface area contributed by atoms with Crippen molar-refractivity contribution in [3.05, 3.63) is 71.3 Å². The molecule has 2 rings (SSSR count). The molecule has 6 heteroatoms. The van der Waals surface area contributed by atoms with Crippen molar-refractivity contribution in [3.8, 4) is 0 Å². The van der Waals surface area contributed by atoms with E-state index in [-0.39, 0.29) is 35.6 Å². The van der Waals surface area contributed by atoms with Crippen molar-refractivity contribution >= 4 is 29.9 Å². The summed E-state index contributed by atoms with van der Waals surface area (Å²) in [7, 11) is 1.66. The van der Waals surface area contributed by atoms with E-state index in [0.29, 0.717) is 24.6 Å². The average molecular weight is 431 g/mol. The van der Waals surface area contributed by atoms with Crippen LogP contribution in [-0.4, -0.2) is 19.6 Å². The molecule has 0 aliphatic rings. The molecule has 0 radical (unpaired) electrons. The fourth-order valence-corrected chi connectivity index (χ4v) is 2.02. The van der Waals surface area contributed by atoms with Crippen LogP contribution in [0.25, 0.3) is 0 Å². The van der Waals surface area contributed by atoms with E-state index in [0.717, 1.165) is 12.0 Å². The van der Waals surface area contributed by atoms with E-state index in [4.69, 9.17) is 0 Å². The Labute approximate surface area is 152 Å². The fourth-order valence-electron chi connectivity index (χ4n) is 2.02. The van der Waals surface area contributed by atoms with Gasteiger partial charge >= 0.3 is 0 Å². The van der Waals surface area contributed by atoms with E-state index in [9.17, 15) is 8.78 Å². The third-order valence-electron chi connectivity index (χ3n) is 3.25. The van der Waals surface area contributed by atoms with Crippen molar-refractivity contribution in [2.24, 2.45) is 4.99 Å². The van der Waals surface area contributed by atoms with Gasteiger partial charge in [0.2, 0.25) is 0 Å². The molecule has 0 saturated carbocycles. The van der Waals surface area contributed by atoms with Crippen LogP contribution in [0.5, 0.6) is 0 Å². The molecule has 0 heterocycles. The molecule has 0 bridgehead atoms. The second-order valence-electron chi connectivity index (χ2n) is 4.82. The first-order valence-electron chi connectivity index (χ1n) is 7.11. The summed E-state index contributed by atoms with van der Waals surface area (Å²) in [4.78, 5) is 4.09. The van der Waals surface area contributed by atoms with Gasteiger partial charge in [0.15, 0.2) is 5.96 Å². The van der Waals surface area contributed by atoms with Gasteiger partial charge in [-0.25, -0.2) is 8.78 Å². The summed E-state index contributed by atoms with van der Waals surface area (Å²) in [5.41, 5.74) is 1.63. The largest absolute Gasteiger partial charge is 0.356 e. The molecule has 2 aromatic rings. The first-order chi connectivity index (χ1) is 10.7. The third kappa shape index (κ3) is 6.52. The van der Waals surface area contributed by atoms with Crippen LogP contribution in [0.3, 0.4) is 0 Å². The Balaban J connectivity index is 0.00000264. The van der Waals surface area contributed by atoms with Crippen LogP contribution < -0.4 is 10.6 Å². The Morgan fingerprint density at radius 2 is 1.70 bits per heavy atom. The maximum absolute atomic E-state index is 13.5. The van der Waals surface area contributed by atoms with Crippen LogP contribution in [0.4, 0.5) is 8.78 Å². The van der Waals surface area contributed by atoms with Crippen LogP contribution in [-0.2, 0) is 13.0 Å². The number of guanidine groups is 1. The van der Waals surface area contributed by atoms with E-state index in [1.165, 1.54) is 18.2 Å². The van der Waals surface area contributed by atoms with Gasteiger partial charge in [-0.3, -0.25) is 4.99 Å². The molecule has 2 N–H and O–H groups in total. The zero-order valence-corrected chi connectivity index (χ0v) is 15.2. The monoisotopic (exact) mass is 431 g/mol. The number of rotatable bonds is 5. The lowest BCUT2D eigenvalue weighted by Gasteiger charge is -2.12. The van der Waals surface area contributed by atoms with Crippen LogP contribution in [0.1, 0.15) is 11.1 Å². The summed E-state index contributed by atoms with van der Waals surface area (Å²) in [6, 6.07) is 13.0. The van der Waals surface area contributed by atoms with E-state index >= 15 is 0 Å². The highest BCUT2D eigenvalue weighted by atomic mass is 127. The summed E-state index contributed by atoms with van der Waals surface area (Å²) in [6.07, 6.45) is 0.751. The highest BCUT2D eigenvalue weighted by Crippen LogP contribution is 2.05. The molecular weight excluding hydrogens is 411 g/mol. The van der Waals surface area contributed by atoms with Crippen LogP contribution in [0, 0.1) is 11.6 Å². The lowest BCUT2D eigenvalue weighted by atomic mass is 10.1. The first-order valence-corrected chi connectivity index (χ1v) is 7.11. The second kappa shape index (κ2) is 10.1. The van der Waals surface area contributed by atoms with Crippen molar-refractivity contribution in [2.75, 3.05) is 13.6 Å². The highest BCUT2D eigenvalue weighted by Gasteiger charge is 2.02. The molecule has 0 aliphatic heterocycles. The van der Waals surface area contributed by atoms with Gasteiger partial charge in [-0.05, 0) is 30.2 Å². The van der Waals surface area contributed by atoms with Gasteiger partial charge < -0.3 is 10.6 Å². The van der Waals surface area contributed by atoms with Gasteiger partial charge in [0.25, 0.3) is 0 Å². The van der Waals surface area contributed by atoms with Crippen molar-refractivity contribution in [1.29, 1.82) is 0 Å². The molecule has 0 aromatic heterocycles. The molecule has 0 saturated heterocycles. The van der Waals surface area contributed by atoms with E-state index in [1.807, 2.05) is 0 Å². The standard InChI is InChI=1S/C17H19F2N3.HI/c1-20-17(22-12-14-4-2-3-5-16(14)19)21-11-10-13-6-8-15(18)9-7-13;/h2-9H,10-12H2,1H3,(H2,20,21,22);1H. The van der Waals surface area contributed by atoms with Gasteiger partial charge in [0.1, 0.15) is 11.6 Å². The smallest absolute Gasteiger partial charge is 0.191 e. The summed E-state index contributed by atoms with van der Waals surface area (Å²) in [5.74, 6) is 0.126. The lowest BCUT2D eigenvalue weighted by Crippen LogP contribution is -2.38. The molecule has 0 amide bonds. The predicted molar refractivity (Wildman–Crippen MR) is 100 cm³/mol. The topological polar surface area (TPSA) is 36.4 Å². The molecule has 124 valence electrons. The van der Waals surface area contributed by atoms with E-state index < -0.39 is 0 Å². The Hall–Kier alpha value is -1.70. The number of aliphatic imine (C=N–C) groups is 1. The summed E-state index contributed by atoms with van der Waals surface area (Å²) >= 11 is 0. The summed E-state index contributed by atoms with van der Waals surface area (Å²) < 4.78 is 26.3. The van der Waals surface area contributed by atoms with E-state index in [2.05, 4.69) is 15.6 Å². The number of hydrogen-bond acceptors (Lipinski definition) is 1. The highest BCUT2D eigenvalue weighted by molar-refractivity contribution is 14.0. The second-order valence-corrected chi connectivity index (χ2v) is 4.82. The zero-order valence-electron chi connectivity index (χ0n) is 12.9. The quantitative estimate of drug-likeness (QED) is 0.432. The molecule has 3 nitrogen and oxygen atoms in total. The number of benzene rings is 2. The minimum atomic E-state index is -0.239. The molecule has 0 aliphatic carbocycles. The normalized spacial score (nSPS) is 10.8. The predicted octanol–water partition coefficient (Wildman–Crippen LogP) is 3.49. The Bertz CT molecular complexity index is 630. The molecule has 23 heavy (non-hydrogen) atoms. The number of hydrogen-bond donors (Lipinski definition) is 2. The molecule has 0 atom stereocenters. The first kappa shape index (κ1) is 19.3. The van der Waals surface area contributed by atoms with Crippen molar-refractivity contribution in [1.82, 2.24) is 10.6 Å². The van der Waals surface area contributed by atoms with Gasteiger partial charge in [-0.1, -0.05) is 30.3 Å². The lowest BCUT2D eigenvalue weighted by molar-refractivity contribution is 0.604. The van der Waals surface area contributed by atoms with Gasteiger partial charge in [-0.2, -0.15) is 0 Å². The average Bonchev–Trinajstić information content (AvgIpc) is 2.54. The van der Waals surface area contributed by atoms with Gasteiger partial charge in [-0.15, -0.1) is 24.0 Å². The molecule has 0 spiro atoms. The summed E-state index contributed by atoms with van der Waals surface area (Å²) in [6.45, 7) is 1.02. The number of nitrogens with zero attached hydrogens (tertiary/aromatic N) is 1. The fraction of sp³-hybridized carbons (Fsp3) is 0.235. The van der Waals surface area contributed by atoms with E-state index in [1.54, 1.807) is 37.4 Å². The Kier molecular flexibility index (Phi) is 8.53. The van der Waals surface area contributed by atoms with Crippen molar-refractivity contribution in [3.63, 3.8) is 0 Å². The van der Waals surface area contributed by atoms with Crippen LogP contribution >= 0.6 is 24.0 Å². The molecule has 2 aromatic carbocycles. The van der Waals surface area contributed by atoms with Gasteiger partial charge in [0, 0.05) is 25.7 Å². The Morgan fingerprint density at radius 3 is 2.35 bits per heavy atom. The summed E-state index contributed by atoms with van der Waals surface area (Å²) in [5, 5.41) is 6.21. The van der Waals surface area contributed by atoms with Crippen LogP contribution in [0.15, 0.2) is 53.5 Å². The van der Waals surface area contributed by atoms with Crippen molar-refractivity contribution in [2.45, 2.75) is 13.0 Å². The molecular formula is C17H20F2IN3. The SMILES string of the molecule is CN=C(NCCc1ccc(F)cc1)NCc1ccccc1F.I. The minimum Gasteiger partial charge on any atom is -0.356 e. The maximum Gasteiger partial charge on any atom is 0.191 e. The maximum atomic E-state index is 13.5. The molecule has 0 unspecified atom stereocenters. The minimum absolute atomic E-state index is 0. The van der Waals surface area contributed by atoms with Gasteiger partial charge in [0.05, 0.1) is 0 Å². The number of halogens is 3. The Morgan fingerprint density at radius 1 is 1.00 bits per heavy atom. The third-order valence-corrected chi connectivity index (χ3v) is 3.25. The van der Waals surface area contributed by atoms with Crippen molar-refractivity contribution < 1.29 is 8.78 Å². The zero-order chi connectivity index (χ0) is 15.8. The molecule has 0 fully saturated rings. The van der Waals surface area contributed by atoms with Crippen LogP contribution in [0.2, 0.25) is 0 Å².